The van der Waals surface area contributed by atoms with Crippen LogP contribution in [0.15, 0.2) is 18.2 Å². The minimum atomic E-state index is -0.216. The molecule has 3 nitrogen and oxygen atoms in total. The van der Waals surface area contributed by atoms with Crippen molar-refractivity contribution in [3.8, 4) is 0 Å². The zero-order chi connectivity index (χ0) is 14.5. The van der Waals surface area contributed by atoms with Crippen LogP contribution in [0.2, 0.25) is 0 Å². The SMILES string of the molecule is COC(=O)CN(Cc1ccc(F)cc1C)C1CCCC1. The lowest BCUT2D eigenvalue weighted by atomic mass is 10.1. The maximum atomic E-state index is 13.2. The molecule has 1 saturated carbocycles. The van der Waals surface area contributed by atoms with Gasteiger partial charge >= 0.3 is 5.97 Å². The first-order valence-electron chi connectivity index (χ1n) is 7.16. The monoisotopic (exact) mass is 279 g/mol. The number of rotatable bonds is 5. The van der Waals surface area contributed by atoms with Crippen LogP contribution in [-0.2, 0) is 16.1 Å². The summed E-state index contributed by atoms with van der Waals surface area (Å²) in [5.41, 5.74) is 2.00. The van der Waals surface area contributed by atoms with Gasteiger partial charge < -0.3 is 4.74 Å². The summed E-state index contributed by atoms with van der Waals surface area (Å²) in [5, 5.41) is 0. The Bertz CT molecular complexity index is 470. The number of ether oxygens (including phenoxy) is 1. The fourth-order valence-electron chi connectivity index (χ4n) is 2.87. The predicted molar refractivity (Wildman–Crippen MR) is 75.8 cm³/mol. The average Bonchev–Trinajstić information content (AvgIpc) is 2.94. The topological polar surface area (TPSA) is 29.5 Å². The van der Waals surface area contributed by atoms with Gasteiger partial charge in [-0.2, -0.15) is 0 Å². The van der Waals surface area contributed by atoms with Crippen LogP contribution in [0, 0.1) is 12.7 Å². The molecular formula is C16H22FNO2. The predicted octanol–water partition coefficient (Wildman–Crippen LogP) is 3.05. The molecule has 1 aromatic rings. The van der Waals surface area contributed by atoms with E-state index in [1.54, 1.807) is 6.07 Å². The van der Waals surface area contributed by atoms with E-state index in [2.05, 4.69) is 4.90 Å². The van der Waals surface area contributed by atoms with Crippen LogP contribution in [0.4, 0.5) is 4.39 Å². The van der Waals surface area contributed by atoms with Gasteiger partial charge in [-0.1, -0.05) is 18.9 Å². The Balaban J connectivity index is 2.11. The third kappa shape index (κ3) is 3.79. The van der Waals surface area contributed by atoms with E-state index in [1.165, 1.54) is 26.0 Å². The molecule has 0 aliphatic heterocycles. The van der Waals surface area contributed by atoms with E-state index in [9.17, 15) is 9.18 Å². The Morgan fingerprint density at radius 1 is 1.40 bits per heavy atom. The fraction of sp³-hybridized carbons (Fsp3) is 0.562. The molecule has 110 valence electrons. The Morgan fingerprint density at radius 2 is 2.10 bits per heavy atom. The second-order valence-electron chi connectivity index (χ2n) is 5.49. The van der Waals surface area contributed by atoms with Gasteiger partial charge in [-0.05, 0) is 43.0 Å². The van der Waals surface area contributed by atoms with Crippen molar-refractivity contribution in [1.82, 2.24) is 4.90 Å². The molecule has 2 rings (SSSR count). The summed E-state index contributed by atoms with van der Waals surface area (Å²) in [4.78, 5) is 13.8. The first-order chi connectivity index (χ1) is 9.60. The number of aryl methyl sites for hydroxylation is 1. The Labute approximate surface area is 119 Å². The van der Waals surface area contributed by atoms with E-state index in [0.29, 0.717) is 19.1 Å². The van der Waals surface area contributed by atoms with Gasteiger partial charge in [0.05, 0.1) is 13.7 Å². The van der Waals surface area contributed by atoms with Gasteiger partial charge in [0.15, 0.2) is 0 Å². The van der Waals surface area contributed by atoms with E-state index < -0.39 is 0 Å². The number of hydrogen-bond acceptors (Lipinski definition) is 3. The maximum absolute atomic E-state index is 13.2. The van der Waals surface area contributed by atoms with Crippen LogP contribution in [0.3, 0.4) is 0 Å². The highest BCUT2D eigenvalue weighted by Gasteiger charge is 2.25. The van der Waals surface area contributed by atoms with Crippen molar-refractivity contribution in [1.29, 1.82) is 0 Å². The quantitative estimate of drug-likeness (QED) is 0.776. The molecule has 0 atom stereocenters. The van der Waals surface area contributed by atoms with E-state index >= 15 is 0 Å². The van der Waals surface area contributed by atoms with E-state index in [4.69, 9.17) is 4.74 Å². The second-order valence-corrected chi connectivity index (χ2v) is 5.49. The number of methoxy groups -OCH3 is 1. The van der Waals surface area contributed by atoms with Crippen molar-refractivity contribution >= 4 is 5.97 Å². The Morgan fingerprint density at radius 3 is 2.70 bits per heavy atom. The molecule has 0 saturated heterocycles. The molecule has 1 aliphatic rings. The first kappa shape index (κ1) is 15.0. The molecule has 0 aromatic heterocycles. The number of carbonyl (C=O) groups is 1. The number of nitrogens with zero attached hydrogens (tertiary/aromatic N) is 1. The lowest BCUT2D eigenvalue weighted by Gasteiger charge is -2.28. The summed E-state index contributed by atoms with van der Waals surface area (Å²) >= 11 is 0. The molecule has 0 heterocycles. The van der Waals surface area contributed by atoms with Gasteiger partial charge in [-0.15, -0.1) is 0 Å². The van der Waals surface area contributed by atoms with Gasteiger partial charge in [-0.3, -0.25) is 9.69 Å². The molecule has 1 aliphatic carbocycles. The standard InChI is InChI=1S/C16H22FNO2/c1-12-9-14(17)8-7-13(12)10-18(11-16(19)20-2)15-5-3-4-6-15/h7-9,15H,3-6,10-11H2,1-2H3. The van der Waals surface area contributed by atoms with E-state index in [0.717, 1.165) is 24.0 Å². The minimum Gasteiger partial charge on any atom is -0.468 e. The van der Waals surface area contributed by atoms with Crippen LogP contribution in [0.5, 0.6) is 0 Å². The summed E-state index contributed by atoms with van der Waals surface area (Å²) < 4.78 is 17.9. The van der Waals surface area contributed by atoms with Crippen LogP contribution >= 0.6 is 0 Å². The summed E-state index contributed by atoms with van der Waals surface area (Å²) in [6.45, 7) is 2.88. The van der Waals surface area contributed by atoms with Crippen molar-refractivity contribution in [2.45, 2.75) is 45.2 Å². The molecule has 0 spiro atoms. The Hall–Kier alpha value is -1.42. The third-order valence-corrected chi connectivity index (χ3v) is 4.08. The lowest BCUT2D eigenvalue weighted by molar-refractivity contribution is -0.142. The van der Waals surface area contributed by atoms with Crippen molar-refractivity contribution < 1.29 is 13.9 Å². The zero-order valence-corrected chi connectivity index (χ0v) is 12.2. The number of carbonyl (C=O) groups excluding carboxylic acids is 1. The summed E-state index contributed by atoms with van der Waals surface area (Å²) in [7, 11) is 1.41. The number of hydrogen-bond donors (Lipinski definition) is 0. The molecule has 4 heteroatoms. The molecule has 0 unspecified atom stereocenters. The summed E-state index contributed by atoms with van der Waals surface area (Å²) in [5.74, 6) is -0.428. The highest BCUT2D eigenvalue weighted by molar-refractivity contribution is 5.71. The van der Waals surface area contributed by atoms with Crippen molar-refractivity contribution in [2.75, 3.05) is 13.7 Å². The van der Waals surface area contributed by atoms with Gasteiger partial charge in [0.25, 0.3) is 0 Å². The zero-order valence-electron chi connectivity index (χ0n) is 12.2. The van der Waals surface area contributed by atoms with Crippen LogP contribution in [-0.4, -0.2) is 30.6 Å². The summed E-state index contributed by atoms with van der Waals surface area (Å²) in [6, 6.07) is 5.26. The van der Waals surface area contributed by atoms with Crippen molar-refractivity contribution in [3.63, 3.8) is 0 Å². The second kappa shape index (κ2) is 6.84. The lowest BCUT2D eigenvalue weighted by Crippen LogP contribution is -2.37. The molecule has 0 radical (unpaired) electrons. The summed E-state index contributed by atoms with van der Waals surface area (Å²) in [6.07, 6.45) is 4.67. The molecule has 0 bridgehead atoms. The molecule has 20 heavy (non-hydrogen) atoms. The van der Waals surface area contributed by atoms with Crippen LogP contribution in [0.25, 0.3) is 0 Å². The number of benzene rings is 1. The van der Waals surface area contributed by atoms with Gasteiger partial charge in [0.2, 0.25) is 0 Å². The normalized spacial score (nSPS) is 15.8. The minimum absolute atomic E-state index is 0.211. The average molecular weight is 279 g/mol. The molecule has 0 N–H and O–H groups in total. The smallest absolute Gasteiger partial charge is 0.319 e. The molecular weight excluding hydrogens is 257 g/mol. The maximum Gasteiger partial charge on any atom is 0.319 e. The number of esters is 1. The molecule has 1 aromatic carbocycles. The molecule has 0 amide bonds. The highest BCUT2D eigenvalue weighted by atomic mass is 19.1. The van der Waals surface area contributed by atoms with Crippen molar-refractivity contribution in [2.24, 2.45) is 0 Å². The largest absolute Gasteiger partial charge is 0.468 e. The van der Waals surface area contributed by atoms with Crippen LogP contribution in [0.1, 0.15) is 36.8 Å². The third-order valence-electron chi connectivity index (χ3n) is 4.08. The fourth-order valence-corrected chi connectivity index (χ4v) is 2.87. The van der Waals surface area contributed by atoms with Crippen molar-refractivity contribution in [3.05, 3.63) is 35.1 Å². The van der Waals surface area contributed by atoms with E-state index in [-0.39, 0.29) is 11.8 Å². The number of halogens is 1. The molecule has 1 fully saturated rings. The Kier molecular flexibility index (Phi) is 5.12. The first-order valence-corrected chi connectivity index (χ1v) is 7.16. The van der Waals surface area contributed by atoms with Gasteiger partial charge in [0, 0.05) is 12.6 Å². The van der Waals surface area contributed by atoms with Gasteiger partial charge in [-0.25, -0.2) is 4.39 Å². The van der Waals surface area contributed by atoms with Crippen LogP contribution < -0.4 is 0 Å². The van der Waals surface area contributed by atoms with Gasteiger partial charge in [0.1, 0.15) is 5.82 Å². The van der Waals surface area contributed by atoms with E-state index in [1.807, 2.05) is 13.0 Å². The highest BCUT2D eigenvalue weighted by Crippen LogP contribution is 2.25.